The van der Waals surface area contributed by atoms with Gasteiger partial charge in [0.15, 0.2) is 11.6 Å². The van der Waals surface area contributed by atoms with Gasteiger partial charge in [-0.3, -0.25) is 19.0 Å². The van der Waals surface area contributed by atoms with E-state index in [4.69, 9.17) is 28.9 Å². The van der Waals surface area contributed by atoms with Gasteiger partial charge in [-0.05, 0) is 47.5 Å². The zero-order chi connectivity index (χ0) is 52.3. The number of halogens is 8. The third-order valence-electron chi connectivity index (χ3n) is 14.6. The summed E-state index contributed by atoms with van der Waals surface area (Å²) < 4.78 is 95.8. The van der Waals surface area contributed by atoms with Gasteiger partial charge in [0.05, 0.1) is 101 Å². The van der Waals surface area contributed by atoms with Crippen LogP contribution >= 0.6 is 23.2 Å². The molecule has 3 aliphatic rings. The van der Waals surface area contributed by atoms with E-state index in [1.54, 1.807) is 42.3 Å². The molecule has 16 nitrogen and oxygen atoms in total. The average Bonchev–Trinajstić information content (AvgIpc) is 3.61. The molecule has 1 aliphatic carbocycles. The van der Waals surface area contributed by atoms with Crippen LogP contribution in [0.3, 0.4) is 0 Å². The normalized spacial score (nSPS) is 17.4. The largest absolute Gasteiger partial charge is 0.370 e. The molecule has 6 heterocycles. The Morgan fingerprint density at radius 1 is 0.730 bits per heavy atom. The van der Waals surface area contributed by atoms with Crippen LogP contribution in [0.15, 0.2) is 70.5 Å². The van der Waals surface area contributed by atoms with Crippen LogP contribution in [0.1, 0.15) is 35.4 Å². The molecule has 11 rings (SSSR count). The van der Waals surface area contributed by atoms with Crippen LogP contribution in [0, 0.1) is 39.7 Å². The first kappa shape index (κ1) is 48.5. The molecule has 24 heteroatoms. The molecule has 3 fully saturated rings. The number of piperidine rings is 1. The van der Waals surface area contributed by atoms with E-state index in [0.717, 1.165) is 0 Å². The number of aryl methyl sites for hydroxylation is 2. The molecular weight excluding hydrogens is 1010 g/mol. The quantitative estimate of drug-likeness (QED) is 0.0960. The Bertz CT molecular complexity index is 3900. The third-order valence-corrected chi connectivity index (χ3v) is 15.2. The van der Waals surface area contributed by atoms with E-state index in [1.165, 1.54) is 51.9 Å². The lowest BCUT2D eigenvalue weighted by Gasteiger charge is -2.42. The summed E-state index contributed by atoms with van der Waals surface area (Å²) in [6.07, 6.45) is 1.94. The zero-order valence-corrected chi connectivity index (χ0v) is 40.4. The molecule has 0 radical (unpaired) electrons. The highest BCUT2D eigenvalue weighted by Crippen LogP contribution is 2.66. The smallest absolute Gasteiger partial charge is 0.274 e. The molecule has 5 N–H and O–H groups in total. The molecule has 0 bridgehead atoms. The molecule has 1 unspecified atom stereocenters. The van der Waals surface area contributed by atoms with Crippen LogP contribution in [-0.4, -0.2) is 84.0 Å². The van der Waals surface area contributed by atoms with E-state index in [1.807, 2.05) is 6.07 Å². The average molecular weight is 1050 g/mol. The van der Waals surface area contributed by atoms with Crippen molar-refractivity contribution in [2.75, 3.05) is 36.0 Å². The number of nitriles is 2. The highest BCUT2D eigenvalue weighted by molar-refractivity contribution is 6.32. The van der Waals surface area contributed by atoms with Crippen molar-refractivity contribution in [3.8, 4) is 56.9 Å². The summed E-state index contributed by atoms with van der Waals surface area (Å²) >= 11 is 13.0. The molecule has 4 aromatic heterocycles. The lowest BCUT2D eigenvalue weighted by molar-refractivity contribution is -0.0220. The predicted molar refractivity (Wildman–Crippen MR) is 264 cm³/mol. The fourth-order valence-corrected chi connectivity index (χ4v) is 11.1. The number of nitrogens with two attached hydrogens (primary N) is 1. The number of H-pyrrole nitrogens is 2. The van der Waals surface area contributed by atoms with Crippen molar-refractivity contribution >= 4 is 56.1 Å². The number of fused-ring (bicyclic) bond motifs is 2. The molecule has 2 aliphatic heterocycles. The van der Waals surface area contributed by atoms with E-state index in [0.29, 0.717) is 38.7 Å². The van der Waals surface area contributed by atoms with E-state index in [9.17, 15) is 28.9 Å². The van der Waals surface area contributed by atoms with Gasteiger partial charge in [-0.1, -0.05) is 35.3 Å². The number of aromatic amines is 2. The van der Waals surface area contributed by atoms with Gasteiger partial charge in [0, 0.05) is 88.1 Å². The van der Waals surface area contributed by atoms with Crippen molar-refractivity contribution in [1.82, 2.24) is 45.3 Å². The number of nitrogens with one attached hydrogen (secondary N) is 3. The lowest BCUT2D eigenvalue weighted by atomic mass is 9.90. The minimum atomic E-state index is -3.27. The van der Waals surface area contributed by atoms with Gasteiger partial charge < -0.3 is 20.9 Å². The zero-order valence-electron chi connectivity index (χ0n) is 38.9. The maximum atomic E-state index is 16.4. The van der Waals surface area contributed by atoms with Crippen molar-refractivity contribution in [3.63, 3.8) is 0 Å². The lowest BCUT2D eigenvalue weighted by Crippen LogP contribution is -2.53. The van der Waals surface area contributed by atoms with Crippen LogP contribution < -0.4 is 32.0 Å². The molecule has 1 atom stereocenters. The number of benzene rings is 4. The maximum absolute atomic E-state index is 16.4. The Morgan fingerprint density at radius 3 is 1.69 bits per heavy atom. The molecule has 0 amide bonds. The van der Waals surface area contributed by atoms with Gasteiger partial charge in [0.2, 0.25) is 0 Å². The first-order valence-corrected chi connectivity index (χ1v) is 23.7. The summed E-state index contributed by atoms with van der Waals surface area (Å²) in [6.45, 7) is -0.983. The highest BCUT2D eigenvalue weighted by Gasteiger charge is 2.84. The summed E-state index contributed by atoms with van der Waals surface area (Å²) in [5, 5.41) is 46.3. The molecule has 4 aromatic carbocycles. The van der Waals surface area contributed by atoms with Gasteiger partial charge in [0.25, 0.3) is 23.0 Å². The van der Waals surface area contributed by atoms with Gasteiger partial charge in [-0.15, -0.1) is 0 Å². The van der Waals surface area contributed by atoms with Gasteiger partial charge >= 0.3 is 0 Å². The number of aromatic nitrogens is 8. The number of alkyl halides is 4. The third kappa shape index (κ3) is 7.41. The Kier molecular flexibility index (Phi) is 11.4. The summed E-state index contributed by atoms with van der Waals surface area (Å²) in [6, 6.07) is 14.7. The van der Waals surface area contributed by atoms with Crippen LogP contribution in [0.4, 0.5) is 37.7 Å². The number of rotatable bonds is 10. The second-order valence-electron chi connectivity index (χ2n) is 18.7. The van der Waals surface area contributed by atoms with Crippen LogP contribution in [0.2, 0.25) is 10.0 Å². The monoisotopic (exact) mass is 1050 g/mol. The van der Waals surface area contributed by atoms with Crippen molar-refractivity contribution in [2.45, 2.75) is 43.8 Å². The summed E-state index contributed by atoms with van der Waals surface area (Å²) in [7, 11) is 3.07. The van der Waals surface area contributed by atoms with Crippen molar-refractivity contribution in [1.29, 1.82) is 10.5 Å². The molecule has 8 aromatic rings. The summed E-state index contributed by atoms with van der Waals surface area (Å²) in [5.41, 5.74) is 5.24. The number of anilines is 2. The fourth-order valence-electron chi connectivity index (χ4n) is 10.7. The Hall–Kier alpha value is -7.76. The summed E-state index contributed by atoms with van der Waals surface area (Å²) in [4.78, 5) is 28.8. The van der Waals surface area contributed by atoms with Crippen molar-refractivity contribution in [3.05, 3.63) is 126 Å². The van der Waals surface area contributed by atoms with Gasteiger partial charge in [-0.2, -0.15) is 30.9 Å². The minimum Gasteiger partial charge on any atom is -0.370 e. The topological polar surface area (TPSA) is 219 Å². The molecule has 376 valence electrons. The molecule has 1 spiro atoms. The van der Waals surface area contributed by atoms with Gasteiger partial charge in [0.1, 0.15) is 12.1 Å². The Balaban J connectivity index is 0.883. The number of nitrogens with zero attached hydrogens (tertiary/aromatic N) is 10. The minimum absolute atomic E-state index is 0.00562. The standard InChI is InChI=1S/C50H38Cl2F6N14O2/c1-69-43(39-29(15-59)37(13-33(51)41(39)53)71-9-7-49(55,56)8-10-71)32(19-64-69)24-4-6-26-28(12-24)36(66-68-46(26)74)20-62-47-48(50(47,57)58)21-72(22-48)38-14-34(52)42(54)40(30(38)16-60)44-31(18-63-70(44)2)23-3-5-25-27(11-23)35(17-61)65-67-45(25)73/h3-6,11-14,18-19,47,62H,7-10,17,20-22,61H2,1-2H3,(H,67,73)(H,68,74). The second-order valence-corrected chi connectivity index (χ2v) is 19.5. The number of hydrogen-bond acceptors (Lipinski definition) is 12. The van der Waals surface area contributed by atoms with Crippen molar-refractivity contribution < 1.29 is 26.3 Å². The molecular formula is C50H38Cl2F6N14O2. The van der Waals surface area contributed by atoms with Crippen LogP contribution in [0.5, 0.6) is 0 Å². The first-order chi connectivity index (χ1) is 35.3. The number of hydrogen-bond donors (Lipinski definition) is 4. The Morgan fingerprint density at radius 2 is 1.20 bits per heavy atom. The van der Waals surface area contributed by atoms with Crippen LogP contribution in [-0.2, 0) is 27.2 Å². The highest BCUT2D eigenvalue weighted by atomic mass is 35.5. The molecule has 2 saturated heterocycles. The summed E-state index contributed by atoms with van der Waals surface area (Å²) in [5.74, 6) is -8.04. The first-order valence-electron chi connectivity index (χ1n) is 22.9. The fraction of sp³-hybridized carbons (Fsp3) is 0.280. The molecule has 1 saturated carbocycles. The Labute approximate surface area is 424 Å². The molecule has 74 heavy (non-hydrogen) atoms. The van der Waals surface area contributed by atoms with Crippen LogP contribution in [0.25, 0.3) is 66.3 Å². The predicted octanol–water partition coefficient (Wildman–Crippen LogP) is 7.93. The van der Waals surface area contributed by atoms with Crippen molar-refractivity contribution in [2.24, 2.45) is 25.2 Å². The SMILES string of the molecule is Cn1ncc(-c2ccc3c(=O)[nH]nc(CNC4C(F)(F)C45CN(c4cc(Cl)c(F)c(-c6c(-c7ccc8c(=O)[nH]nc(CN)c8c7)cnn6C)c4C#N)C5)c3c2)c1-c1c(F)c(Cl)cc(N2CCC(F)(F)CC2)c1C#N. The maximum Gasteiger partial charge on any atom is 0.274 e. The second kappa shape index (κ2) is 17.4. The van der Waals surface area contributed by atoms with Gasteiger partial charge in [-0.25, -0.2) is 36.5 Å². The van der Waals surface area contributed by atoms with E-state index in [-0.39, 0.29) is 111 Å². The van der Waals surface area contributed by atoms with E-state index in [2.05, 4.69) is 42.0 Å². The van der Waals surface area contributed by atoms with E-state index < -0.39 is 58.9 Å². The van der Waals surface area contributed by atoms with E-state index >= 15 is 17.6 Å².